The van der Waals surface area contributed by atoms with Gasteiger partial charge >= 0.3 is 0 Å². The lowest BCUT2D eigenvalue weighted by Gasteiger charge is -2.17. The predicted octanol–water partition coefficient (Wildman–Crippen LogP) is -0.112. The fraction of sp³-hybridized carbons (Fsp3) is 0.273. The molecule has 16 heavy (non-hydrogen) atoms. The summed E-state index contributed by atoms with van der Waals surface area (Å²) in [7, 11) is 1.63. The van der Waals surface area contributed by atoms with Gasteiger partial charge in [-0.3, -0.25) is 9.59 Å². The minimum Gasteiger partial charge on any atom is -0.392 e. The zero-order valence-electron chi connectivity index (χ0n) is 9.01. The Bertz CT molecular complexity index is 362. The van der Waals surface area contributed by atoms with Crippen LogP contribution in [0.15, 0.2) is 24.3 Å². The molecule has 0 aliphatic rings. The van der Waals surface area contributed by atoms with E-state index in [1.54, 1.807) is 31.3 Å². The van der Waals surface area contributed by atoms with Crippen molar-refractivity contribution in [2.75, 3.05) is 18.5 Å². The standard InChI is InChI=1S/C11H14N2O3/c1-13(11(16)6-12-8-15)10-4-2-9(7-14)3-5-10/h2-5,8,14H,6-7H2,1H3,(H,12,15). The molecule has 1 aromatic rings. The average molecular weight is 222 g/mol. The second-order valence-corrected chi connectivity index (χ2v) is 3.28. The fourth-order valence-electron chi connectivity index (χ4n) is 1.22. The maximum atomic E-state index is 11.5. The van der Waals surface area contributed by atoms with Crippen molar-refractivity contribution in [2.24, 2.45) is 0 Å². The first-order chi connectivity index (χ1) is 7.69. The second kappa shape index (κ2) is 5.87. The van der Waals surface area contributed by atoms with Crippen molar-refractivity contribution in [1.82, 2.24) is 5.32 Å². The van der Waals surface area contributed by atoms with Crippen LogP contribution in [0.2, 0.25) is 0 Å². The molecule has 0 fully saturated rings. The summed E-state index contributed by atoms with van der Waals surface area (Å²) >= 11 is 0. The number of hydrogen-bond donors (Lipinski definition) is 2. The predicted molar refractivity (Wildman–Crippen MR) is 59.8 cm³/mol. The number of rotatable bonds is 5. The number of nitrogens with one attached hydrogen (secondary N) is 1. The van der Waals surface area contributed by atoms with Crippen molar-refractivity contribution in [3.8, 4) is 0 Å². The average Bonchev–Trinajstić information content (AvgIpc) is 2.35. The molecule has 0 heterocycles. The number of aliphatic hydroxyl groups is 1. The summed E-state index contributed by atoms with van der Waals surface area (Å²) in [6.45, 7) is -0.0492. The Balaban J connectivity index is 2.67. The van der Waals surface area contributed by atoms with Gasteiger partial charge in [-0.1, -0.05) is 12.1 Å². The van der Waals surface area contributed by atoms with Crippen LogP contribution in [-0.2, 0) is 16.2 Å². The molecule has 2 amide bonds. The lowest BCUT2D eigenvalue weighted by molar-refractivity contribution is -0.119. The first-order valence-electron chi connectivity index (χ1n) is 4.82. The second-order valence-electron chi connectivity index (χ2n) is 3.28. The van der Waals surface area contributed by atoms with Gasteiger partial charge in [0.05, 0.1) is 13.2 Å². The van der Waals surface area contributed by atoms with Crippen LogP contribution < -0.4 is 10.2 Å². The van der Waals surface area contributed by atoms with E-state index in [0.717, 1.165) is 11.3 Å². The smallest absolute Gasteiger partial charge is 0.246 e. The van der Waals surface area contributed by atoms with Crippen LogP contribution >= 0.6 is 0 Å². The van der Waals surface area contributed by atoms with Gasteiger partial charge in [0.15, 0.2) is 0 Å². The quantitative estimate of drug-likeness (QED) is 0.683. The molecule has 0 aliphatic heterocycles. The minimum absolute atomic E-state index is 0.0232. The fourth-order valence-corrected chi connectivity index (χ4v) is 1.22. The summed E-state index contributed by atoms with van der Waals surface area (Å²) in [5, 5.41) is 11.2. The minimum atomic E-state index is -0.205. The number of benzene rings is 1. The maximum absolute atomic E-state index is 11.5. The van der Waals surface area contributed by atoms with E-state index in [2.05, 4.69) is 5.32 Å². The Morgan fingerprint density at radius 3 is 2.56 bits per heavy atom. The zero-order valence-corrected chi connectivity index (χ0v) is 9.01. The number of carbonyl (C=O) groups excluding carboxylic acids is 2. The van der Waals surface area contributed by atoms with Crippen molar-refractivity contribution in [2.45, 2.75) is 6.61 Å². The number of nitrogens with zero attached hydrogens (tertiary/aromatic N) is 1. The highest BCUT2D eigenvalue weighted by atomic mass is 16.3. The van der Waals surface area contributed by atoms with Gasteiger partial charge < -0.3 is 15.3 Å². The molecule has 5 heteroatoms. The van der Waals surface area contributed by atoms with Gasteiger partial charge in [-0.25, -0.2) is 0 Å². The Morgan fingerprint density at radius 1 is 1.44 bits per heavy atom. The summed E-state index contributed by atoms with van der Waals surface area (Å²) in [4.78, 5) is 23.0. The lowest BCUT2D eigenvalue weighted by Crippen LogP contribution is -2.34. The number of likely N-dealkylation sites (N-methyl/N-ethyl adjacent to an activating group) is 1. The molecular weight excluding hydrogens is 208 g/mol. The topological polar surface area (TPSA) is 69.6 Å². The normalized spacial score (nSPS) is 9.62. The van der Waals surface area contributed by atoms with Crippen LogP contribution in [0, 0.1) is 0 Å². The van der Waals surface area contributed by atoms with Gasteiger partial charge in [-0.05, 0) is 17.7 Å². The Morgan fingerprint density at radius 2 is 2.06 bits per heavy atom. The van der Waals surface area contributed by atoms with E-state index in [1.807, 2.05) is 0 Å². The number of anilines is 1. The molecule has 2 N–H and O–H groups in total. The monoisotopic (exact) mass is 222 g/mol. The zero-order chi connectivity index (χ0) is 12.0. The SMILES string of the molecule is CN(C(=O)CNC=O)c1ccc(CO)cc1. The van der Waals surface area contributed by atoms with Crippen LogP contribution in [-0.4, -0.2) is 31.0 Å². The molecule has 0 radical (unpaired) electrons. The highest BCUT2D eigenvalue weighted by Gasteiger charge is 2.09. The van der Waals surface area contributed by atoms with Gasteiger partial charge in [-0.15, -0.1) is 0 Å². The molecule has 1 aromatic carbocycles. The molecule has 0 aromatic heterocycles. The van der Waals surface area contributed by atoms with Crippen molar-refractivity contribution in [3.05, 3.63) is 29.8 Å². The molecule has 0 saturated heterocycles. The van der Waals surface area contributed by atoms with Gasteiger partial charge in [0.25, 0.3) is 0 Å². The molecular formula is C11H14N2O3. The number of hydrogen-bond acceptors (Lipinski definition) is 3. The van der Waals surface area contributed by atoms with Crippen LogP contribution in [0.4, 0.5) is 5.69 Å². The van der Waals surface area contributed by atoms with Gasteiger partial charge in [0.1, 0.15) is 0 Å². The van der Waals surface area contributed by atoms with Crippen molar-refractivity contribution in [3.63, 3.8) is 0 Å². The van der Waals surface area contributed by atoms with Gasteiger partial charge in [0.2, 0.25) is 12.3 Å². The van der Waals surface area contributed by atoms with Gasteiger partial charge in [0, 0.05) is 12.7 Å². The Labute approximate surface area is 93.7 Å². The first-order valence-corrected chi connectivity index (χ1v) is 4.82. The molecule has 1 rings (SSSR count). The molecule has 0 atom stereocenters. The van der Waals surface area contributed by atoms with Crippen molar-refractivity contribution < 1.29 is 14.7 Å². The van der Waals surface area contributed by atoms with Crippen molar-refractivity contribution >= 4 is 18.0 Å². The number of carbonyl (C=O) groups is 2. The number of amides is 2. The lowest BCUT2D eigenvalue weighted by atomic mass is 10.2. The third kappa shape index (κ3) is 3.06. The maximum Gasteiger partial charge on any atom is 0.246 e. The van der Waals surface area contributed by atoms with E-state index in [0.29, 0.717) is 6.41 Å². The summed E-state index contributed by atoms with van der Waals surface area (Å²) in [5.74, 6) is -0.205. The van der Waals surface area contributed by atoms with E-state index in [1.165, 1.54) is 4.90 Å². The molecule has 0 saturated carbocycles. The molecule has 0 spiro atoms. The summed E-state index contributed by atoms with van der Waals surface area (Å²) in [6, 6.07) is 6.97. The largest absolute Gasteiger partial charge is 0.392 e. The Kier molecular flexibility index (Phi) is 4.47. The van der Waals surface area contributed by atoms with E-state index in [9.17, 15) is 9.59 Å². The molecule has 86 valence electrons. The van der Waals surface area contributed by atoms with Gasteiger partial charge in [-0.2, -0.15) is 0 Å². The van der Waals surface area contributed by atoms with E-state index >= 15 is 0 Å². The van der Waals surface area contributed by atoms with Crippen LogP contribution in [0.3, 0.4) is 0 Å². The van der Waals surface area contributed by atoms with Crippen molar-refractivity contribution in [1.29, 1.82) is 0 Å². The van der Waals surface area contributed by atoms with E-state index in [4.69, 9.17) is 5.11 Å². The molecule has 5 nitrogen and oxygen atoms in total. The third-order valence-electron chi connectivity index (χ3n) is 2.22. The van der Waals surface area contributed by atoms with Crippen LogP contribution in [0.25, 0.3) is 0 Å². The summed E-state index contributed by atoms with van der Waals surface area (Å²) < 4.78 is 0. The highest BCUT2D eigenvalue weighted by molar-refractivity contribution is 5.94. The van der Waals surface area contributed by atoms with Crippen LogP contribution in [0.1, 0.15) is 5.56 Å². The van der Waals surface area contributed by atoms with Crippen LogP contribution in [0.5, 0.6) is 0 Å². The molecule has 0 unspecified atom stereocenters. The third-order valence-corrected chi connectivity index (χ3v) is 2.22. The van der Waals surface area contributed by atoms with E-state index < -0.39 is 0 Å². The number of aliphatic hydroxyl groups excluding tert-OH is 1. The first kappa shape index (κ1) is 12.2. The molecule has 0 aliphatic carbocycles. The Hall–Kier alpha value is -1.88. The molecule has 0 bridgehead atoms. The summed E-state index contributed by atoms with van der Waals surface area (Å²) in [5.41, 5.74) is 1.51. The highest BCUT2D eigenvalue weighted by Crippen LogP contribution is 2.13. The van der Waals surface area contributed by atoms with E-state index in [-0.39, 0.29) is 19.1 Å². The summed E-state index contributed by atoms with van der Waals surface area (Å²) in [6.07, 6.45) is 0.487.